The Balaban J connectivity index is 1.62. The Morgan fingerprint density at radius 1 is 1.20 bits per heavy atom. The number of benzene rings is 1. The van der Waals surface area contributed by atoms with E-state index in [0.717, 1.165) is 10.6 Å². The summed E-state index contributed by atoms with van der Waals surface area (Å²) >= 11 is 8.85. The van der Waals surface area contributed by atoms with Crippen molar-refractivity contribution in [1.29, 1.82) is 0 Å². The van der Waals surface area contributed by atoms with Gasteiger partial charge in [0.05, 0.1) is 29.1 Å². The number of methoxy groups -OCH3 is 1. The Morgan fingerprint density at radius 2 is 2.07 bits per heavy atom. The predicted octanol–water partition coefficient (Wildman–Crippen LogP) is 4.78. The fraction of sp³-hybridized carbons (Fsp3) is 0.100. The van der Waals surface area contributed by atoms with Crippen LogP contribution in [0.5, 0.6) is 5.75 Å². The van der Waals surface area contributed by atoms with E-state index in [1.54, 1.807) is 36.8 Å². The molecule has 3 aromatic heterocycles. The summed E-state index contributed by atoms with van der Waals surface area (Å²) in [5.74, 6) is 1.28. The number of hydrogen-bond acceptors (Lipinski definition) is 7. The number of amides is 1. The molecule has 1 amide bonds. The number of carbonyl (C=O) groups is 1. The molecule has 4 aromatic rings. The number of hydrogen-bond donors (Lipinski definition) is 1. The Kier molecular flexibility index (Phi) is 6.32. The van der Waals surface area contributed by atoms with Gasteiger partial charge in [0.2, 0.25) is 5.91 Å². The van der Waals surface area contributed by atoms with Crippen molar-refractivity contribution in [3.8, 4) is 22.1 Å². The Morgan fingerprint density at radius 3 is 2.83 bits per heavy atom. The molecule has 1 N–H and O–H groups in total. The van der Waals surface area contributed by atoms with Gasteiger partial charge in [-0.2, -0.15) is 0 Å². The van der Waals surface area contributed by atoms with Gasteiger partial charge in [-0.1, -0.05) is 41.6 Å². The summed E-state index contributed by atoms with van der Waals surface area (Å²) in [7, 11) is 1.62. The monoisotopic (exact) mass is 457 g/mol. The van der Waals surface area contributed by atoms with Gasteiger partial charge < -0.3 is 10.1 Å². The number of rotatable bonds is 7. The lowest BCUT2D eigenvalue weighted by Gasteiger charge is -2.13. The molecule has 3 heterocycles. The first kappa shape index (κ1) is 20.4. The van der Waals surface area contributed by atoms with Gasteiger partial charge in [-0.25, -0.2) is 4.98 Å². The van der Waals surface area contributed by atoms with Gasteiger partial charge in [0, 0.05) is 6.20 Å². The normalized spacial score (nSPS) is 10.7. The summed E-state index contributed by atoms with van der Waals surface area (Å²) in [5, 5.41) is 14.3. The van der Waals surface area contributed by atoms with Crippen molar-refractivity contribution in [1.82, 2.24) is 19.7 Å². The molecule has 0 atom stereocenters. The van der Waals surface area contributed by atoms with Crippen LogP contribution in [0.15, 0.2) is 65.3 Å². The van der Waals surface area contributed by atoms with E-state index in [-0.39, 0.29) is 16.8 Å². The summed E-state index contributed by atoms with van der Waals surface area (Å²) in [6, 6.07) is 15.0. The van der Waals surface area contributed by atoms with E-state index in [1.165, 1.54) is 11.8 Å². The molecule has 7 nitrogen and oxygen atoms in total. The van der Waals surface area contributed by atoms with Crippen LogP contribution < -0.4 is 10.1 Å². The van der Waals surface area contributed by atoms with Crippen molar-refractivity contribution in [2.45, 2.75) is 5.16 Å². The second kappa shape index (κ2) is 9.29. The molecule has 0 bridgehead atoms. The van der Waals surface area contributed by atoms with Crippen molar-refractivity contribution in [3.63, 3.8) is 0 Å². The van der Waals surface area contributed by atoms with Crippen LogP contribution in [0, 0.1) is 0 Å². The number of anilines is 1. The third-order valence-corrected chi connectivity index (χ3v) is 6.16. The van der Waals surface area contributed by atoms with Gasteiger partial charge in [-0.3, -0.25) is 9.36 Å². The SMILES string of the molecule is COc1ccccc1-n1c(SCC(=O)Nc2cccnc2Cl)nnc1-c1cccs1. The van der Waals surface area contributed by atoms with Crippen molar-refractivity contribution in [2.24, 2.45) is 0 Å². The number of pyridine rings is 1. The molecule has 10 heteroatoms. The first-order valence-electron chi connectivity index (χ1n) is 8.83. The van der Waals surface area contributed by atoms with Crippen LogP contribution in [0.1, 0.15) is 0 Å². The molecule has 1 aromatic carbocycles. The van der Waals surface area contributed by atoms with Crippen LogP contribution in [0.25, 0.3) is 16.4 Å². The maximum atomic E-state index is 12.4. The molecule has 0 fully saturated rings. The minimum Gasteiger partial charge on any atom is -0.495 e. The zero-order chi connectivity index (χ0) is 20.9. The van der Waals surface area contributed by atoms with Crippen LogP contribution in [-0.2, 0) is 4.79 Å². The predicted molar refractivity (Wildman–Crippen MR) is 120 cm³/mol. The van der Waals surface area contributed by atoms with Gasteiger partial charge in [0.25, 0.3) is 0 Å². The molecular weight excluding hydrogens is 442 g/mol. The molecule has 0 saturated heterocycles. The topological polar surface area (TPSA) is 81.9 Å². The molecule has 0 aliphatic rings. The standard InChI is InChI=1S/C20H16ClN5O2S2/c1-28-15-8-3-2-7-14(15)26-19(16-9-5-11-29-16)24-25-20(26)30-12-17(27)23-13-6-4-10-22-18(13)21/h2-11H,12H2,1H3,(H,23,27). The van der Waals surface area contributed by atoms with E-state index in [0.29, 0.717) is 22.4 Å². The van der Waals surface area contributed by atoms with Crippen molar-refractivity contribution in [2.75, 3.05) is 18.2 Å². The quantitative estimate of drug-likeness (QED) is 0.317. The maximum absolute atomic E-state index is 12.4. The van der Waals surface area contributed by atoms with E-state index in [9.17, 15) is 4.79 Å². The second-order valence-electron chi connectivity index (χ2n) is 5.97. The van der Waals surface area contributed by atoms with Crippen LogP contribution in [0.3, 0.4) is 0 Å². The third kappa shape index (κ3) is 4.33. The lowest BCUT2D eigenvalue weighted by Crippen LogP contribution is -2.15. The number of nitrogens with zero attached hydrogens (tertiary/aromatic N) is 4. The average Bonchev–Trinajstić information content (AvgIpc) is 3.43. The van der Waals surface area contributed by atoms with Gasteiger partial charge in [-0.15, -0.1) is 21.5 Å². The maximum Gasteiger partial charge on any atom is 0.234 e. The number of aromatic nitrogens is 4. The van der Waals surface area contributed by atoms with E-state index < -0.39 is 0 Å². The van der Waals surface area contributed by atoms with Gasteiger partial charge in [0.15, 0.2) is 16.1 Å². The zero-order valence-corrected chi connectivity index (χ0v) is 18.2. The number of nitrogens with one attached hydrogen (secondary N) is 1. The molecule has 4 rings (SSSR count). The number of carbonyl (C=O) groups excluding carboxylic acids is 1. The minimum atomic E-state index is -0.220. The summed E-state index contributed by atoms with van der Waals surface area (Å²) in [5.41, 5.74) is 1.27. The lowest BCUT2D eigenvalue weighted by molar-refractivity contribution is -0.113. The fourth-order valence-electron chi connectivity index (χ4n) is 2.76. The summed E-state index contributed by atoms with van der Waals surface area (Å²) in [6.07, 6.45) is 1.56. The molecule has 30 heavy (non-hydrogen) atoms. The van der Waals surface area contributed by atoms with Crippen LogP contribution in [0.4, 0.5) is 5.69 Å². The highest BCUT2D eigenvalue weighted by molar-refractivity contribution is 7.99. The molecule has 152 valence electrons. The highest BCUT2D eigenvalue weighted by Crippen LogP contribution is 2.34. The van der Waals surface area contributed by atoms with E-state index in [4.69, 9.17) is 16.3 Å². The molecular formula is C20H16ClN5O2S2. The number of thiophene rings is 1. The zero-order valence-electron chi connectivity index (χ0n) is 15.8. The number of para-hydroxylation sites is 2. The van der Waals surface area contributed by atoms with Gasteiger partial charge in [-0.05, 0) is 35.7 Å². The molecule has 0 radical (unpaired) electrons. The fourth-order valence-corrected chi connectivity index (χ4v) is 4.37. The van der Waals surface area contributed by atoms with Crippen LogP contribution in [-0.4, -0.2) is 38.5 Å². The third-order valence-electron chi connectivity index (χ3n) is 4.07. The van der Waals surface area contributed by atoms with Crippen LogP contribution >= 0.6 is 34.7 Å². The van der Waals surface area contributed by atoms with Crippen LogP contribution in [0.2, 0.25) is 5.15 Å². The Hall–Kier alpha value is -2.88. The van der Waals surface area contributed by atoms with E-state index in [2.05, 4.69) is 20.5 Å². The average molecular weight is 458 g/mol. The van der Waals surface area contributed by atoms with E-state index >= 15 is 0 Å². The molecule has 0 aliphatic heterocycles. The van der Waals surface area contributed by atoms with Crippen molar-refractivity contribution in [3.05, 3.63) is 65.3 Å². The second-order valence-corrected chi connectivity index (χ2v) is 8.22. The first-order valence-corrected chi connectivity index (χ1v) is 11.1. The number of thioether (sulfide) groups is 1. The summed E-state index contributed by atoms with van der Waals surface area (Å²) < 4.78 is 7.43. The number of ether oxygens (including phenoxy) is 1. The molecule has 0 unspecified atom stereocenters. The minimum absolute atomic E-state index is 0.128. The molecule has 0 saturated carbocycles. The summed E-state index contributed by atoms with van der Waals surface area (Å²) in [4.78, 5) is 17.4. The first-order chi connectivity index (χ1) is 14.7. The summed E-state index contributed by atoms with van der Waals surface area (Å²) in [6.45, 7) is 0. The Bertz CT molecular complexity index is 1160. The van der Waals surface area contributed by atoms with Gasteiger partial charge in [0.1, 0.15) is 5.75 Å². The molecule has 0 spiro atoms. The van der Waals surface area contributed by atoms with Crippen molar-refractivity contribution < 1.29 is 9.53 Å². The lowest BCUT2D eigenvalue weighted by atomic mass is 10.3. The van der Waals surface area contributed by atoms with Crippen molar-refractivity contribution >= 4 is 46.3 Å². The molecule has 0 aliphatic carbocycles. The largest absolute Gasteiger partial charge is 0.495 e. The van der Waals surface area contributed by atoms with Gasteiger partial charge >= 0.3 is 0 Å². The highest BCUT2D eigenvalue weighted by atomic mass is 35.5. The Labute approximate surface area is 186 Å². The smallest absolute Gasteiger partial charge is 0.234 e. The highest BCUT2D eigenvalue weighted by Gasteiger charge is 2.20. The number of halogens is 1. The van der Waals surface area contributed by atoms with E-state index in [1.807, 2.05) is 46.3 Å².